The van der Waals surface area contributed by atoms with Crippen LogP contribution in [-0.2, 0) is 4.79 Å². The Balaban J connectivity index is 2.22. The van der Waals surface area contributed by atoms with Gasteiger partial charge in [-0.05, 0) is 24.3 Å². The molecule has 1 aromatic heterocycles. The van der Waals surface area contributed by atoms with Crippen LogP contribution in [0.25, 0.3) is 11.3 Å². The Labute approximate surface area is 116 Å². The van der Waals surface area contributed by atoms with Crippen molar-refractivity contribution in [1.82, 2.24) is 4.98 Å². The normalized spacial score (nSPS) is 10.3. The molecule has 19 heavy (non-hydrogen) atoms. The summed E-state index contributed by atoms with van der Waals surface area (Å²) in [5.41, 5.74) is 1.89. The third kappa shape index (κ3) is 2.93. The van der Waals surface area contributed by atoms with Crippen molar-refractivity contribution in [3.05, 3.63) is 29.6 Å². The maximum Gasteiger partial charge on any atom is 0.228 e. The summed E-state index contributed by atoms with van der Waals surface area (Å²) in [6.45, 7) is 1.84. The van der Waals surface area contributed by atoms with E-state index in [1.54, 1.807) is 19.1 Å². The van der Waals surface area contributed by atoms with Crippen LogP contribution >= 0.6 is 11.3 Å². The molecule has 0 saturated carbocycles. The van der Waals surface area contributed by atoms with Crippen LogP contribution in [0.15, 0.2) is 29.6 Å². The maximum atomic E-state index is 11.6. The molecule has 0 saturated heterocycles. The molecule has 0 aliphatic heterocycles. The number of hydrogen-bond donors (Lipinski definition) is 0. The molecule has 4 nitrogen and oxygen atoms in total. The number of rotatable bonds is 4. The molecule has 2 aromatic rings. The predicted octanol–water partition coefficient (Wildman–Crippen LogP) is 3.19. The SMILES string of the molecule is CCC(=O)N(C)c1nc(-c2ccc(OC)cc2)cs1. The molecule has 0 bridgehead atoms. The average molecular weight is 276 g/mol. The highest BCUT2D eigenvalue weighted by molar-refractivity contribution is 7.14. The first-order valence-electron chi connectivity index (χ1n) is 6.02. The standard InChI is InChI=1S/C14H16N2O2S/c1-4-13(17)16(2)14-15-12(9-19-14)10-5-7-11(18-3)8-6-10/h5-9H,4H2,1-3H3. The molecule has 0 aliphatic rings. The number of benzene rings is 1. The molecule has 0 aliphatic carbocycles. The Hall–Kier alpha value is -1.88. The second kappa shape index (κ2) is 5.84. The zero-order valence-electron chi connectivity index (χ0n) is 11.2. The molecule has 100 valence electrons. The predicted molar refractivity (Wildman–Crippen MR) is 77.8 cm³/mol. The molecule has 0 N–H and O–H groups in total. The Bertz CT molecular complexity index is 563. The van der Waals surface area contributed by atoms with Crippen molar-refractivity contribution in [3.8, 4) is 17.0 Å². The third-order valence-electron chi connectivity index (χ3n) is 2.84. The number of carbonyl (C=O) groups is 1. The van der Waals surface area contributed by atoms with Crippen molar-refractivity contribution in [2.75, 3.05) is 19.1 Å². The first-order valence-corrected chi connectivity index (χ1v) is 6.90. The molecule has 0 fully saturated rings. The van der Waals surface area contributed by atoms with E-state index >= 15 is 0 Å². The van der Waals surface area contributed by atoms with Crippen molar-refractivity contribution in [2.45, 2.75) is 13.3 Å². The van der Waals surface area contributed by atoms with E-state index < -0.39 is 0 Å². The molecule has 1 heterocycles. The topological polar surface area (TPSA) is 42.4 Å². The Morgan fingerprint density at radius 3 is 2.63 bits per heavy atom. The number of thiazole rings is 1. The van der Waals surface area contributed by atoms with Crippen molar-refractivity contribution < 1.29 is 9.53 Å². The molecule has 5 heteroatoms. The average Bonchev–Trinajstić information content (AvgIpc) is 2.95. The summed E-state index contributed by atoms with van der Waals surface area (Å²) in [5.74, 6) is 0.883. The molecule has 1 amide bonds. The minimum Gasteiger partial charge on any atom is -0.497 e. The van der Waals surface area contributed by atoms with Crippen LogP contribution in [0.2, 0.25) is 0 Å². The van der Waals surface area contributed by atoms with Gasteiger partial charge >= 0.3 is 0 Å². The van der Waals surface area contributed by atoms with Crippen molar-refractivity contribution in [1.29, 1.82) is 0 Å². The van der Waals surface area contributed by atoms with E-state index in [-0.39, 0.29) is 5.91 Å². The van der Waals surface area contributed by atoms with Crippen molar-refractivity contribution in [2.24, 2.45) is 0 Å². The van der Waals surface area contributed by atoms with Gasteiger partial charge in [-0.15, -0.1) is 11.3 Å². The van der Waals surface area contributed by atoms with Gasteiger partial charge in [-0.25, -0.2) is 4.98 Å². The second-order valence-corrected chi connectivity index (χ2v) is 4.89. The summed E-state index contributed by atoms with van der Waals surface area (Å²) >= 11 is 1.47. The van der Waals surface area contributed by atoms with E-state index in [0.29, 0.717) is 6.42 Å². The largest absolute Gasteiger partial charge is 0.497 e. The highest BCUT2D eigenvalue weighted by Crippen LogP contribution is 2.28. The van der Waals surface area contributed by atoms with Gasteiger partial charge in [0.25, 0.3) is 0 Å². The number of nitrogens with zero attached hydrogens (tertiary/aromatic N) is 2. The molecule has 0 spiro atoms. The van der Waals surface area contributed by atoms with Gasteiger partial charge in [0, 0.05) is 24.4 Å². The zero-order valence-corrected chi connectivity index (χ0v) is 12.0. The third-order valence-corrected chi connectivity index (χ3v) is 3.76. The summed E-state index contributed by atoms with van der Waals surface area (Å²) in [7, 11) is 3.39. The van der Waals surface area contributed by atoms with E-state index in [2.05, 4.69) is 4.98 Å². The first kappa shape index (κ1) is 13.5. The molecular weight excluding hydrogens is 260 g/mol. The van der Waals surface area contributed by atoms with E-state index in [0.717, 1.165) is 22.1 Å². The van der Waals surface area contributed by atoms with Crippen molar-refractivity contribution >= 4 is 22.4 Å². The highest BCUT2D eigenvalue weighted by Gasteiger charge is 2.13. The fraction of sp³-hybridized carbons (Fsp3) is 0.286. The van der Waals surface area contributed by atoms with Gasteiger partial charge in [0.05, 0.1) is 12.8 Å². The summed E-state index contributed by atoms with van der Waals surface area (Å²) in [6, 6.07) is 7.71. The number of ether oxygens (including phenoxy) is 1. The Morgan fingerprint density at radius 2 is 2.05 bits per heavy atom. The first-order chi connectivity index (χ1) is 9.15. The maximum absolute atomic E-state index is 11.6. The summed E-state index contributed by atoms with van der Waals surface area (Å²) < 4.78 is 5.12. The van der Waals surface area contributed by atoms with Gasteiger partial charge in [0.15, 0.2) is 5.13 Å². The molecule has 0 atom stereocenters. The monoisotopic (exact) mass is 276 g/mol. The van der Waals surface area contributed by atoms with Gasteiger partial charge in [-0.1, -0.05) is 6.92 Å². The zero-order chi connectivity index (χ0) is 13.8. The van der Waals surface area contributed by atoms with Crippen LogP contribution in [-0.4, -0.2) is 25.0 Å². The van der Waals surface area contributed by atoms with Crippen LogP contribution in [0.1, 0.15) is 13.3 Å². The highest BCUT2D eigenvalue weighted by atomic mass is 32.1. The number of carbonyl (C=O) groups excluding carboxylic acids is 1. The summed E-state index contributed by atoms with van der Waals surface area (Å²) in [4.78, 5) is 17.7. The number of anilines is 1. The van der Waals surface area contributed by atoms with Crippen molar-refractivity contribution in [3.63, 3.8) is 0 Å². The number of aromatic nitrogens is 1. The fourth-order valence-corrected chi connectivity index (χ4v) is 2.47. The molecule has 1 aromatic carbocycles. The second-order valence-electron chi connectivity index (χ2n) is 4.05. The van der Waals surface area contributed by atoms with Crippen LogP contribution in [0, 0.1) is 0 Å². The fourth-order valence-electron chi connectivity index (χ4n) is 1.66. The van der Waals surface area contributed by atoms with Gasteiger partial charge < -0.3 is 4.74 Å². The quantitative estimate of drug-likeness (QED) is 0.861. The minimum absolute atomic E-state index is 0.0654. The lowest BCUT2D eigenvalue weighted by Crippen LogP contribution is -2.24. The Morgan fingerprint density at radius 1 is 1.37 bits per heavy atom. The smallest absolute Gasteiger partial charge is 0.228 e. The molecular formula is C14H16N2O2S. The van der Waals surface area contributed by atoms with Crippen LogP contribution in [0.3, 0.4) is 0 Å². The van der Waals surface area contributed by atoms with Gasteiger partial charge in [-0.2, -0.15) is 0 Å². The van der Waals surface area contributed by atoms with E-state index in [1.807, 2.05) is 36.6 Å². The Kier molecular flexibility index (Phi) is 4.16. The molecule has 2 rings (SSSR count). The van der Waals surface area contributed by atoms with Crippen LogP contribution < -0.4 is 9.64 Å². The van der Waals surface area contributed by atoms with E-state index in [4.69, 9.17) is 4.74 Å². The van der Waals surface area contributed by atoms with Crippen LogP contribution in [0.4, 0.5) is 5.13 Å². The number of hydrogen-bond acceptors (Lipinski definition) is 4. The minimum atomic E-state index is 0.0654. The van der Waals surface area contributed by atoms with Crippen LogP contribution in [0.5, 0.6) is 5.75 Å². The van der Waals surface area contributed by atoms with Gasteiger partial charge in [0.2, 0.25) is 5.91 Å². The molecule has 0 unspecified atom stereocenters. The lowest BCUT2D eigenvalue weighted by molar-refractivity contribution is -0.118. The lowest BCUT2D eigenvalue weighted by Gasteiger charge is -2.11. The summed E-state index contributed by atoms with van der Waals surface area (Å²) in [5, 5.41) is 2.68. The number of amides is 1. The van der Waals surface area contributed by atoms with Gasteiger partial charge in [-0.3, -0.25) is 9.69 Å². The number of methoxy groups -OCH3 is 1. The van der Waals surface area contributed by atoms with Gasteiger partial charge in [0.1, 0.15) is 5.75 Å². The molecule has 0 radical (unpaired) electrons. The van der Waals surface area contributed by atoms with E-state index in [1.165, 1.54) is 11.3 Å². The lowest BCUT2D eigenvalue weighted by atomic mass is 10.2. The van der Waals surface area contributed by atoms with E-state index in [9.17, 15) is 4.79 Å². The summed E-state index contributed by atoms with van der Waals surface area (Å²) in [6.07, 6.45) is 0.480.